The molecule has 1 N–H and O–H groups in total. The number of aryl methyl sites for hydroxylation is 1. The van der Waals surface area contributed by atoms with Crippen LogP contribution in [0.15, 0.2) is 72.8 Å². The number of nitrogens with zero attached hydrogens (tertiary/aromatic N) is 1. The van der Waals surface area contributed by atoms with E-state index in [4.69, 9.17) is 9.47 Å². The van der Waals surface area contributed by atoms with Crippen LogP contribution in [-0.4, -0.2) is 35.5 Å². The van der Waals surface area contributed by atoms with Gasteiger partial charge in [-0.25, -0.2) is 0 Å². The molecule has 0 saturated heterocycles. The van der Waals surface area contributed by atoms with Gasteiger partial charge in [-0.15, -0.1) is 0 Å². The molecule has 3 aromatic rings. The number of ether oxygens (including phenoxy) is 2. The molecule has 0 aliphatic carbocycles. The number of carbonyl (C=O) groups is 2. The Hall–Kier alpha value is -3.80. The van der Waals surface area contributed by atoms with Gasteiger partial charge in [0.15, 0.2) is 0 Å². The van der Waals surface area contributed by atoms with E-state index >= 15 is 0 Å². The lowest BCUT2D eigenvalue weighted by Gasteiger charge is -2.22. The van der Waals surface area contributed by atoms with Gasteiger partial charge in [0.2, 0.25) is 0 Å². The van der Waals surface area contributed by atoms with Crippen LogP contribution in [0.5, 0.6) is 17.2 Å². The lowest BCUT2D eigenvalue weighted by atomic mass is 10.1. The topological polar surface area (TPSA) is 76.1 Å². The minimum Gasteiger partial charge on any atom is -0.497 e. The lowest BCUT2D eigenvalue weighted by Crippen LogP contribution is -2.35. The van der Waals surface area contributed by atoms with E-state index in [0.717, 1.165) is 11.1 Å². The van der Waals surface area contributed by atoms with Gasteiger partial charge >= 0.3 is 5.97 Å². The zero-order valence-electron chi connectivity index (χ0n) is 16.9. The molecule has 0 aliphatic heterocycles. The predicted octanol–water partition coefficient (Wildman–Crippen LogP) is 4.52. The summed E-state index contributed by atoms with van der Waals surface area (Å²) in [5.74, 6) is 0.147. The number of hydrogen-bond acceptors (Lipinski definition) is 4. The molecule has 0 saturated carbocycles. The van der Waals surface area contributed by atoms with E-state index in [9.17, 15) is 14.7 Å². The maximum Gasteiger partial charge on any atom is 0.323 e. The van der Waals surface area contributed by atoms with Crippen LogP contribution in [0.2, 0.25) is 0 Å². The summed E-state index contributed by atoms with van der Waals surface area (Å²) in [5, 5.41) is 9.33. The zero-order valence-corrected chi connectivity index (χ0v) is 16.9. The molecule has 0 bridgehead atoms. The number of aliphatic carboxylic acids is 1. The van der Waals surface area contributed by atoms with Crippen LogP contribution in [0.25, 0.3) is 0 Å². The van der Waals surface area contributed by atoms with Gasteiger partial charge in [0.1, 0.15) is 23.8 Å². The average Bonchev–Trinajstić information content (AvgIpc) is 2.75. The molecule has 6 heteroatoms. The van der Waals surface area contributed by atoms with Crippen LogP contribution in [0, 0.1) is 6.92 Å². The van der Waals surface area contributed by atoms with Gasteiger partial charge in [-0.3, -0.25) is 9.59 Å². The highest BCUT2D eigenvalue weighted by atomic mass is 16.5. The van der Waals surface area contributed by atoms with Crippen molar-refractivity contribution in [2.75, 3.05) is 13.7 Å². The third kappa shape index (κ3) is 5.38. The Morgan fingerprint density at radius 1 is 0.900 bits per heavy atom. The molecule has 0 spiro atoms. The fourth-order valence-corrected chi connectivity index (χ4v) is 2.95. The third-order valence-corrected chi connectivity index (χ3v) is 4.51. The summed E-state index contributed by atoms with van der Waals surface area (Å²) >= 11 is 0. The summed E-state index contributed by atoms with van der Waals surface area (Å²) < 4.78 is 11.1. The van der Waals surface area contributed by atoms with Crippen molar-refractivity contribution in [1.82, 2.24) is 4.90 Å². The molecule has 30 heavy (non-hydrogen) atoms. The Morgan fingerprint density at radius 2 is 1.53 bits per heavy atom. The third-order valence-electron chi connectivity index (χ3n) is 4.51. The van der Waals surface area contributed by atoms with Crippen LogP contribution in [0.3, 0.4) is 0 Å². The lowest BCUT2D eigenvalue weighted by molar-refractivity contribution is -0.137. The van der Waals surface area contributed by atoms with Gasteiger partial charge in [-0.2, -0.15) is 0 Å². The Balaban J connectivity index is 1.86. The van der Waals surface area contributed by atoms with Crippen LogP contribution in [-0.2, 0) is 11.3 Å². The number of carboxylic acid groups (broad SMARTS) is 1. The molecule has 6 nitrogen and oxygen atoms in total. The fraction of sp³-hybridized carbons (Fsp3) is 0.167. The highest BCUT2D eigenvalue weighted by Crippen LogP contribution is 2.27. The Kier molecular flexibility index (Phi) is 6.70. The van der Waals surface area contributed by atoms with Crippen molar-refractivity contribution < 1.29 is 24.2 Å². The van der Waals surface area contributed by atoms with E-state index in [1.165, 1.54) is 4.90 Å². The second kappa shape index (κ2) is 9.60. The first kappa shape index (κ1) is 20.9. The van der Waals surface area contributed by atoms with Crippen LogP contribution in [0.4, 0.5) is 0 Å². The van der Waals surface area contributed by atoms with Gasteiger partial charge in [-0.1, -0.05) is 42.0 Å². The van der Waals surface area contributed by atoms with Gasteiger partial charge in [0.05, 0.1) is 12.7 Å². The molecular formula is C24H23NO5. The normalized spacial score (nSPS) is 10.3. The van der Waals surface area contributed by atoms with E-state index in [0.29, 0.717) is 22.8 Å². The van der Waals surface area contributed by atoms with Crippen molar-refractivity contribution in [3.8, 4) is 17.2 Å². The molecule has 0 radical (unpaired) electrons. The summed E-state index contributed by atoms with van der Waals surface area (Å²) in [4.78, 5) is 25.9. The molecule has 3 rings (SSSR count). The highest BCUT2D eigenvalue weighted by Gasteiger charge is 2.22. The molecule has 1 amide bonds. The van der Waals surface area contributed by atoms with Crippen LogP contribution >= 0.6 is 0 Å². The summed E-state index contributed by atoms with van der Waals surface area (Å²) in [6.45, 7) is 1.70. The monoisotopic (exact) mass is 405 g/mol. The standard InChI is InChI=1S/C24H23NO5/c1-17-7-11-20(12-8-17)30-22-6-4-3-5-21(22)24(28)25(16-23(26)27)15-18-9-13-19(29-2)14-10-18/h3-14H,15-16H2,1-2H3,(H,26,27). The summed E-state index contributed by atoms with van der Waals surface area (Å²) in [6, 6.07) is 21.4. The molecule has 3 aromatic carbocycles. The molecule has 154 valence electrons. The van der Waals surface area contributed by atoms with Crippen molar-refractivity contribution in [3.05, 3.63) is 89.5 Å². The molecule has 0 atom stereocenters. The summed E-state index contributed by atoms with van der Waals surface area (Å²) in [6.07, 6.45) is 0. The van der Waals surface area contributed by atoms with Gasteiger partial charge in [0.25, 0.3) is 5.91 Å². The number of carboxylic acids is 1. The van der Waals surface area contributed by atoms with Gasteiger partial charge in [0, 0.05) is 6.54 Å². The predicted molar refractivity (Wildman–Crippen MR) is 113 cm³/mol. The van der Waals surface area contributed by atoms with E-state index in [1.807, 2.05) is 31.2 Å². The maximum absolute atomic E-state index is 13.2. The van der Waals surface area contributed by atoms with Crippen molar-refractivity contribution in [1.29, 1.82) is 0 Å². The van der Waals surface area contributed by atoms with Gasteiger partial charge < -0.3 is 19.5 Å². The second-order valence-electron chi connectivity index (χ2n) is 6.81. The largest absolute Gasteiger partial charge is 0.497 e. The molecule has 0 aromatic heterocycles. The first-order valence-corrected chi connectivity index (χ1v) is 9.44. The van der Waals surface area contributed by atoms with Crippen LogP contribution in [0.1, 0.15) is 21.5 Å². The minimum absolute atomic E-state index is 0.147. The van der Waals surface area contributed by atoms with Crippen molar-refractivity contribution >= 4 is 11.9 Å². The fourth-order valence-electron chi connectivity index (χ4n) is 2.95. The first-order chi connectivity index (χ1) is 14.5. The van der Waals surface area contributed by atoms with Crippen molar-refractivity contribution in [2.24, 2.45) is 0 Å². The van der Waals surface area contributed by atoms with E-state index in [1.54, 1.807) is 55.6 Å². The van der Waals surface area contributed by atoms with E-state index < -0.39 is 18.4 Å². The zero-order chi connectivity index (χ0) is 21.5. The van der Waals surface area contributed by atoms with Crippen molar-refractivity contribution in [3.63, 3.8) is 0 Å². The smallest absolute Gasteiger partial charge is 0.323 e. The van der Waals surface area contributed by atoms with Crippen LogP contribution < -0.4 is 9.47 Å². The summed E-state index contributed by atoms with van der Waals surface area (Å²) in [7, 11) is 1.57. The molecule has 0 heterocycles. The average molecular weight is 405 g/mol. The number of para-hydroxylation sites is 1. The number of methoxy groups -OCH3 is 1. The molecule has 0 unspecified atom stereocenters. The number of hydrogen-bond donors (Lipinski definition) is 1. The number of amides is 1. The van der Waals surface area contributed by atoms with E-state index in [2.05, 4.69) is 0 Å². The molecular weight excluding hydrogens is 382 g/mol. The maximum atomic E-state index is 13.2. The Bertz CT molecular complexity index is 1010. The number of benzene rings is 3. The van der Waals surface area contributed by atoms with Crippen molar-refractivity contribution in [2.45, 2.75) is 13.5 Å². The van der Waals surface area contributed by atoms with E-state index in [-0.39, 0.29) is 6.54 Å². The first-order valence-electron chi connectivity index (χ1n) is 9.44. The summed E-state index contributed by atoms with van der Waals surface area (Å²) in [5.41, 5.74) is 2.19. The molecule has 0 fully saturated rings. The SMILES string of the molecule is COc1ccc(CN(CC(=O)O)C(=O)c2ccccc2Oc2ccc(C)cc2)cc1. The Labute approximate surface area is 175 Å². The van der Waals surface area contributed by atoms with Gasteiger partial charge in [-0.05, 0) is 48.9 Å². The number of carbonyl (C=O) groups excluding carboxylic acids is 1. The molecule has 0 aliphatic rings. The highest BCUT2D eigenvalue weighted by molar-refractivity contribution is 5.98. The quantitative estimate of drug-likeness (QED) is 0.596. The number of rotatable bonds is 8. The second-order valence-corrected chi connectivity index (χ2v) is 6.81. The minimum atomic E-state index is -1.09. The Morgan fingerprint density at radius 3 is 2.17 bits per heavy atom.